The van der Waals surface area contributed by atoms with Crippen molar-refractivity contribution in [2.24, 2.45) is 0 Å². The molecule has 0 heterocycles. The summed E-state index contributed by atoms with van der Waals surface area (Å²) in [6.45, 7) is 0.445. The number of para-hydroxylation sites is 1. The Morgan fingerprint density at radius 2 is 1.81 bits per heavy atom. The van der Waals surface area contributed by atoms with Crippen LogP contribution in [0.25, 0.3) is 0 Å². The molecule has 0 saturated heterocycles. The predicted octanol–water partition coefficient (Wildman–Crippen LogP) is 2.94. The molecule has 0 amide bonds. The molecule has 2 rings (SSSR count). The molecule has 0 aliphatic rings. The Balaban J connectivity index is 2.15. The van der Waals surface area contributed by atoms with Gasteiger partial charge in [-0.25, -0.2) is 4.79 Å². The number of carboxylic acids is 1. The second-order valence-corrected chi connectivity index (χ2v) is 4.82. The summed E-state index contributed by atoms with van der Waals surface area (Å²) in [5, 5.41) is 12.5. The van der Waals surface area contributed by atoms with Gasteiger partial charge in [0.25, 0.3) is 0 Å². The Morgan fingerprint density at radius 1 is 1.14 bits per heavy atom. The number of benzene rings is 2. The van der Waals surface area contributed by atoms with Crippen molar-refractivity contribution in [3.63, 3.8) is 0 Å². The van der Waals surface area contributed by atoms with Gasteiger partial charge < -0.3 is 15.2 Å². The molecule has 2 aromatic rings. The number of hydrogen-bond acceptors (Lipinski definition) is 3. The highest BCUT2D eigenvalue weighted by Crippen LogP contribution is 2.18. The molecule has 2 aromatic carbocycles. The normalized spacial score (nSPS) is 11.9. The molecule has 1 atom stereocenters. The van der Waals surface area contributed by atoms with Gasteiger partial charge in [-0.05, 0) is 11.6 Å². The summed E-state index contributed by atoms with van der Waals surface area (Å²) in [6, 6.07) is 16.5. The van der Waals surface area contributed by atoms with E-state index in [-0.39, 0.29) is 0 Å². The largest absolute Gasteiger partial charge is 0.480 e. The van der Waals surface area contributed by atoms with Gasteiger partial charge in [-0.2, -0.15) is 0 Å². The van der Waals surface area contributed by atoms with E-state index in [2.05, 4.69) is 5.32 Å². The topological polar surface area (TPSA) is 58.6 Å². The maximum Gasteiger partial charge on any atom is 0.326 e. The molecule has 0 radical (unpaired) electrons. The zero-order valence-electron chi connectivity index (χ0n) is 12.0. The average molecular weight is 285 g/mol. The van der Waals surface area contributed by atoms with Crippen molar-refractivity contribution in [2.75, 3.05) is 12.4 Å². The Hall–Kier alpha value is -2.33. The van der Waals surface area contributed by atoms with Gasteiger partial charge in [0.1, 0.15) is 6.04 Å². The maximum atomic E-state index is 11.5. The Bertz CT molecular complexity index is 584. The van der Waals surface area contributed by atoms with Crippen LogP contribution in [0, 0.1) is 0 Å². The SMILES string of the molecule is COCc1ccccc1N[C@@H](Cc1ccccc1)C(=O)O. The van der Waals surface area contributed by atoms with Crippen molar-refractivity contribution >= 4 is 11.7 Å². The third-order valence-corrected chi connectivity index (χ3v) is 3.23. The van der Waals surface area contributed by atoms with E-state index in [1.165, 1.54) is 0 Å². The third kappa shape index (κ3) is 4.33. The average Bonchev–Trinajstić information content (AvgIpc) is 2.49. The molecule has 4 nitrogen and oxygen atoms in total. The van der Waals surface area contributed by atoms with Crippen LogP contribution in [0.15, 0.2) is 54.6 Å². The summed E-state index contributed by atoms with van der Waals surface area (Å²) in [4.78, 5) is 11.5. The fourth-order valence-electron chi connectivity index (χ4n) is 2.18. The van der Waals surface area contributed by atoms with E-state index in [1.807, 2.05) is 54.6 Å². The minimum absolute atomic E-state index is 0.428. The molecule has 0 aromatic heterocycles. The van der Waals surface area contributed by atoms with E-state index >= 15 is 0 Å². The highest BCUT2D eigenvalue weighted by molar-refractivity contribution is 5.78. The number of anilines is 1. The summed E-state index contributed by atoms with van der Waals surface area (Å²) in [6.07, 6.45) is 0.428. The first-order valence-corrected chi connectivity index (χ1v) is 6.81. The zero-order valence-corrected chi connectivity index (χ0v) is 12.0. The molecule has 0 aliphatic carbocycles. The molecule has 0 saturated carbocycles. The van der Waals surface area contributed by atoms with E-state index in [0.29, 0.717) is 13.0 Å². The summed E-state index contributed by atoms with van der Waals surface area (Å²) >= 11 is 0. The lowest BCUT2D eigenvalue weighted by molar-refractivity contribution is -0.137. The number of hydrogen-bond donors (Lipinski definition) is 2. The number of rotatable bonds is 7. The van der Waals surface area contributed by atoms with Gasteiger partial charge in [-0.3, -0.25) is 0 Å². The van der Waals surface area contributed by atoms with E-state index in [4.69, 9.17) is 4.74 Å². The summed E-state index contributed by atoms with van der Waals surface area (Å²) in [5.41, 5.74) is 2.73. The van der Waals surface area contributed by atoms with E-state index in [0.717, 1.165) is 16.8 Å². The Kier molecular flexibility index (Phi) is 5.35. The van der Waals surface area contributed by atoms with Gasteiger partial charge in [-0.15, -0.1) is 0 Å². The van der Waals surface area contributed by atoms with E-state index < -0.39 is 12.0 Å². The number of methoxy groups -OCH3 is 1. The van der Waals surface area contributed by atoms with Gasteiger partial charge in [-0.1, -0.05) is 48.5 Å². The molecule has 0 bridgehead atoms. The molecular formula is C17H19NO3. The van der Waals surface area contributed by atoms with E-state index in [1.54, 1.807) is 7.11 Å². The monoisotopic (exact) mass is 285 g/mol. The molecule has 110 valence electrons. The van der Waals surface area contributed by atoms with Crippen molar-refractivity contribution < 1.29 is 14.6 Å². The van der Waals surface area contributed by atoms with Crippen molar-refractivity contribution in [3.8, 4) is 0 Å². The quantitative estimate of drug-likeness (QED) is 0.821. The van der Waals surface area contributed by atoms with Crippen LogP contribution in [0.4, 0.5) is 5.69 Å². The fraction of sp³-hybridized carbons (Fsp3) is 0.235. The van der Waals surface area contributed by atoms with E-state index in [9.17, 15) is 9.90 Å². The molecule has 0 unspecified atom stereocenters. The zero-order chi connectivity index (χ0) is 15.1. The number of carboxylic acid groups (broad SMARTS) is 1. The highest BCUT2D eigenvalue weighted by Gasteiger charge is 2.18. The van der Waals surface area contributed by atoms with Crippen LogP contribution < -0.4 is 5.32 Å². The van der Waals surface area contributed by atoms with Crippen LogP contribution in [0.5, 0.6) is 0 Å². The molecule has 0 spiro atoms. The summed E-state index contributed by atoms with van der Waals surface area (Å²) < 4.78 is 5.14. The Labute approximate surface area is 124 Å². The van der Waals surface area contributed by atoms with Crippen molar-refractivity contribution in [1.82, 2.24) is 0 Å². The van der Waals surface area contributed by atoms with Crippen LogP contribution in [0.1, 0.15) is 11.1 Å². The van der Waals surface area contributed by atoms with Crippen LogP contribution in [-0.4, -0.2) is 24.2 Å². The highest BCUT2D eigenvalue weighted by atomic mass is 16.5. The third-order valence-electron chi connectivity index (χ3n) is 3.23. The molecule has 0 fully saturated rings. The first kappa shape index (κ1) is 15.1. The van der Waals surface area contributed by atoms with Crippen molar-refractivity contribution in [1.29, 1.82) is 0 Å². The molecular weight excluding hydrogens is 266 g/mol. The van der Waals surface area contributed by atoms with Gasteiger partial charge in [0.05, 0.1) is 6.61 Å². The first-order chi connectivity index (χ1) is 10.2. The second-order valence-electron chi connectivity index (χ2n) is 4.82. The smallest absolute Gasteiger partial charge is 0.326 e. The molecule has 2 N–H and O–H groups in total. The van der Waals surface area contributed by atoms with Crippen LogP contribution >= 0.6 is 0 Å². The minimum atomic E-state index is -0.869. The molecule has 0 aliphatic heterocycles. The standard InChI is InChI=1S/C17H19NO3/c1-21-12-14-9-5-6-10-15(14)18-16(17(19)20)11-13-7-3-2-4-8-13/h2-10,16,18H,11-12H2,1H3,(H,19,20)/t16-/m0/s1. The Morgan fingerprint density at radius 3 is 2.48 bits per heavy atom. The lowest BCUT2D eigenvalue weighted by atomic mass is 10.0. The summed E-state index contributed by atoms with van der Waals surface area (Å²) in [7, 11) is 1.62. The fourth-order valence-corrected chi connectivity index (χ4v) is 2.18. The number of ether oxygens (including phenoxy) is 1. The number of aliphatic carboxylic acids is 1. The van der Waals surface area contributed by atoms with Crippen molar-refractivity contribution in [2.45, 2.75) is 19.1 Å². The van der Waals surface area contributed by atoms with Crippen LogP contribution in [0.3, 0.4) is 0 Å². The number of nitrogens with one attached hydrogen (secondary N) is 1. The predicted molar refractivity (Wildman–Crippen MR) is 82.3 cm³/mol. The minimum Gasteiger partial charge on any atom is -0.480 e. The number of carbonyl (C=O) groups is 1. The van der Waals surface area contributed by atoms with Gasteiger partial charge >= 0.3 is 5.97 Å². The lowest BCUT2D eigenvalue weighted by Gasteiger charge is -2.18. The molecule has 21 heavy (non-hydrogen) atoms. The van der Waals surface area contributed by atoms with Gasteiger partial charge in [0, 0.05) is 24.8 Å². The first-order valence-electron chi connectivity index (χ1n) is 6.81. The van der Waals surface area contributed by atoms with Crippen LogP contribution in [0.2, 0.25) is 0 Å². The lowest BCUT2D eigenvalue weighted by Crippen LogP contribution is -2.31. The van der Waals surface area contributed by atoms with Crippen molar-refractivity contribution in [3.05, 3.63) is 65.7 Å². The maximum absolute atomic E-state index is 11.5. The van der Waals surface area contributed by atoms with Gasteiger partial charge in [0.2, 0.25) is 0 Å². The van der Waals surface area contributed by atoms with Crippen LogP contribution in [-0.2, 0) is 22.6 Å². The molecule has 4 heteroatoms. The van der Waals surface area contributed by atoms with Gasteiger partial charge in [0.15, 0.2) is 0 Å². The summed E-state index contributed by atoms with van der Waals surface area (Å²) in [5.74, 6) is -0.869. The second kappa shape index (κ2) is 7.45.